The zero-order valence-corrected chi connectivity index (χ0v) is 13.0. The van der Waals surface area contributed by atoms with Crippen molar-refractivity contribution in [3.63, 3.8) is 0 Å². The first-order chi connectivity index (χ1) is 11.0. The number of nitrogens with one attached hydrogen (secondary N) is 1. The van der Waals surface area contributed by atoms with Crippen LogP contribution in [0.1, 0.15) is 52.8 Å². The van der Waals surface area contributed by atoms with Gasteiger partial charge in [-0.3, -0.25) is 19.3 Å². The highest BCUT2D eigenvalue weighted by molar-refractivity contribution is 6.21. The molecule has 1 heterocycles. The summed E-state index contributed by atoms with van der Waals surface area (Å²) in [6, 6.07) is 6.75. The maximum atomic E-state index is 12.3. The monoisotopic (exact) mass is 315 g/mol. The van der Waals surface area contributed by atoms with Crippen LogP contribution >= 0.6 is 0 Å². The molecule has 0 aromatic heterocycles. The number of benzene rings is 1. The van der Waals surface area contributed by atoms with Crippen LogP contribution in [0, 0.1) is 0 Å². The predicted octanol–water partition coefficient (Wildman–Crippen LogP) is 1.06. The average molecular weight is 315 g/mol. The van der Waals surface area contributed by atoms with E-state index in [2.05, 4.69) is 5.32 Å². The second-order valence-electron chi connectivity index (χ2n) is 6.28. The molecular formula is C17H21N3O3. The highest BCUT2D eigenvalue weighted by Crippen LogP contribution is 2.26. The van der Waals surface area contributed by atoms with Crippen molar-refractivity contribution in [3.05, 3.63) is 35.4 Å². The number of fused-ring (bicyclic) bond motifs is 1. The molecule has 1 aromatic rings. The van der Waals surface area contributed by atoms with Gasteiger partial charge in [0.15, 0.2) is 0 Å². The number of nitrogens with two attached hydrogens (primary N) is 1. The van der Waals surface area contributed by atoms with E-state index in [-0.39, 0.29) is 30.8 Å². The van der Waals surface area contributed by atoms with Crippen LogP contribution in [-0.4, -0.2) is 41.2 Å². The van der Waals surface area contributed by atoms with Crippen LogP contribution in [0.2, 0.25) is 0 Å². The van der Waals surface area contributed by atoms with Crippen molar-refractivity contribution in [3.8, 4) is 0 Å². The molecule has 0 saturated heterocycles. The lowest BCUT2D eigenvalue weighted by Gasteiger charge is -2.32. The molecule has 1 saturated carbocycles. The Kier molecular flexibility index (Phi) is 4.17. The van der Waals surface area contributed by atoms with Crippen molar-refractivity contribution in [2.75, 3.05) is 13.1 Å². The van der Waals surface area contributed by atoms with Gasteiger partial charge in [-0.05, 0) is 25.0 Å². The molecule has 3 rings (SSSR count). The van der Waals surface area contributed by atoms with Crippen LogP contribution in [0.5, 0.6) is 0 Å². The van der Waals surface area contributed by atoms with E-state index in [1.807, 2.05) is 0 Å². The molecule has 6 heteroatoms. The second-order valence-corrected chi connectivity index (χ2v) is 6.28. The summed E-state index contributed by atoms with van der Waals surface area (Å²) in [6.07, 6.45) is 4.41. The molecule has 122 valence electrons. The highest BCUT2D eigenvalue weighted by Gasteiger charge is 2.37. The van der Waals surface area contributed by atoms with E-state index >= 15 is 0 Å². The van der Waals surface area contributed by atoms with Gasteiger partial charge in [-0.1, -0.05) is 31.4 Å². The Bertz CT molecular complexity index is 615. The van der Waals surface area contributed by atoms with Gasteiger partial charge in [0, 0.05) is 13.1 Å². The van der Waals surface area contributed by atoms with Crippen LogP contribution in [0.3, 0.4) is 0 Å². The summed E-state index contributed by atoms with van der Waals surface area (Å²) in [6.45, 7) is 0.386. The summed E-state index contributed by atoms with van der Waals surface area (Å²) < 4.78 is 0. The van der Waals surface area contributed by atoms with Gasteiger partial charge in [0.2, 0.25) is 5.91 Å². The van der Waals surface area contributed by atoms with E-state index < -0.39 is 5.54 Å². The Labute approximate surface area is 135 Å². The van der Waals surface area contributed by atoms with Gasteiger partial charge in [-0.15, -0.1) is 0 Å². The minimum absolute atomic E-state index is 0.161. The van der Waals surface area contributed by atoms with Gasteiger partial charge in [0.1, 0.15) is 0 Å². The Morgan fingerprint density at radius 3 is 2.22 bits per heavy atom. The molecule has 3 N–H and O–H groups in total. The first kappa shape index (κ1) is 15.7. The third-order valence-corrected chi connectivity index (χ3v) is 4.70. The standard InChI is InChI=1S/C17H21N3O3/c18-17(8-4-1-5-9-17)16(23)19-10-11-20-14(21)12-6-2-3-7-13(12)15(20)22/h2-3,6-7H,1,4-5,8-11,18H2,(H,19,23). The second kappa shape index (κ2) is 6.12. The summed E-state index contributed by atoms with van der Waals surface area (Å²) in [4.78, 5) is 37.9. The zero-order chi connectivity index (χ0) is 16.4. The molecule has 1 aliphatic heterocycles. The smallest absolute Gasteiger partial charge is 0.261 e. The minimum Gasteiger partial charge on any atom is -0.353 e. The van der Waals surface area contributed by atoms with Crippen molar-refractivity contribution < 1.29 is 14.4 Å². The third kappa shape index (κ3) is 2.86. The molecule has 0 unspecified atom stereocenters. The lowest BCUT2D eigenvalue weighted by molar-refractivity contribution is -0.127. The van der Waals surface area contributed by atoms with Crippen LogP contribution in [-0.2, 0) is 4.79 Å². The fraction of sp³-hybridized carbons (Fsp3) is 0.471. The zero-order valence-electron chi connectivity index (χ0n) is 13.0. The summed E-state index contributed by atoms with van der Waals surface area (Å²) >= 11 is 0. The van der Waals surface area contributed by atoms with Gasteiger partial charge < -0.3 is 11.1 Å². The molecule has 6 nitrogen and oxygen atoms in total. The highest BCUT2D eigenvalue weighted by atomic mass is 16.2. The maximum Gasteiger partial charge on any atom is 0.261 e. The van der Waals surface area contributed by atoms with Crippen molar-refractivity contribution in [1.29, 1.82) is 0 Å². The summed E-state index contributed by atoms with van der Waals surface area (Å²) in [7, 11) is 0. The first-order valence-electron chi connectivity index (χ1n) is 8.05. The number of amides is 3. The van der Waals surface area contributed by atoms with Gasteiger partial charge >= 0.3 is 0 Å². The Balaban J connectivity index is 1.57. The number of nitrogens with zero attached hydrogens (tertiary/aromatic N) is 1. The Morgan fingerprint density at radius 2 is 1.65 bits per heavy atom. The number of carbonyl (C=O) groups excluding carboxylic acids is 3. The van der Waals surface area contributed by atoms with E-state index in [0.717, 1.165) is 19.3 Å². The quantitative estimate of drug-likeness (QED) is 0.813. The minimum atomic E-state index is -0.805. The average Bonchev–Trinajstić information content (AvgIpc) is 2.81. The maximum absolute atomic E-state index is 12.3. The van der Waals surface area contributed by atoms with Crippen LogP contribution in [0.15, 0.2) is 24.3 Å². The topological polar surface area (TPSA) is 92.5 Å². The molecule has 0 spiro atoms. The van der Waals surface area contributed by atoms with Crippen molar-refractivity contribution >= 4 is 17.7 Å². The van der Waals surface area contributed by atoms with E-state index in [1.165, 1.54) is 4.90 Å². The van der Waals surface area contributed by atoms with E-state index in [1.54, 1.807) is 24.3 Å². The number of carbonyl (C=O) groups is 3. The number of imide groups is 1. The molecule has 2 aliphatic rings. The largest absolute Gasteiger partial charge is 0.353 e. The lowest BCUT2D eigenvalue weighted by atomic mass is 9.82. The summed E-state index contributed by atoms with van der Waals surface area (Å²) in [5.41, 5.74) is 6.20. The number of hydrogen-bond acceptors (Lipinski definition) is 4. The molecule has 1 fully saturated rings. The number of hydrogen-bond donors (Lipinski definition) is 2. The van der Waals surface area contributed by atoms with Crippen LogP contribution in [0.4, 0.5) is 0 Å². The molecule has 1 aromatic carbocycles. The van der Waals surface area contributed by atoms with Gasteiger partial charge in [-0.2, -0.15) is 0 Å². The fourth-order valence-corrected chi connectivity index (χ4v) is 3.31. The van der Waals surface area contributed by atoms with E-state index in [0.29, 0.717) is 24.0 Å². The summed E-state index contributed by atoms with van der Waals surface area (Å²) in [5, 5.41) is 2.78. The van der Waals surface area contributed by atoms with Gasteiger partial charge in [0.05, 0.1) is 16.7 Å². The fourth-order valence-electron chi connectivity index (χ4n) is 3.31. The van der Waals surface area contributed by atoms with Crippen molar-refractivity contribution in [2.24, 2.45) is 5.73 Å². The van der Waals surface area contributed by atoms with E-state index in [9.17, 15) is 14.4 Å². The summed E-state index contributed by atoms with van der Waals surface area (Å²) in [5.74, 6) is -0.797. The molecule has 0 atom stereocenters. The molecular weight excluding hydrogens is 294 g/mol. The third-order valence-electron chi connectivity index (χ3n) is 4.70. The molecule has 3 amide bonds. The van der Waals surface area contributed by atoms with Gasteiger partial charge in [0.25, 0.3) is 11.8 Å². The molecule has 0 radical (unpaired) electrons. The molecule has 1 aliphatic carbocycles. The van der Waals surface area contributed by atoms with Crippen LogP contribution < -0.4 is 11.1 Å². The predicted molar refractivity (Wildman–Crippen MR) is 84.8 cm³/mol. The number of rotatable bonds is 4. The Hall–Kier alpha value is -2.21. The molecule has 0 bridgehead atoms. The van der Waals surface area contributed by atoms with Gasteiger partial charge in [-0.25, -0.2) is 0 Å². The van der Waals surface area contributed by atoms with E-state index in [4.69, 9.17) is 5.73 Å². The normalized spacial score (nSPS) is 19.6. The molecule has 23 heavy (non-hydrogen) atoms. The first-order valence-corrected chi connectivity index (χ1v) is 8.05. The lowest BCUT2D eigenvalue weighted by Crippen LogP contribution is -2.56. The Morgan fingerprint density at radius 1 is 1.09 bits per heavy atom. The SMILES string of the molecule is NC1(C(=O)NCCN2C(=O)c3ccccc3C2=O)CCCCC1. The van der Waals surface area contributed by atoms with Crippen molar-refractivity contribution in [1.82, 2.24) is 10.2 Å². The van der Waals surface area contributed by atoms with Crippen LogP contribution in [0.25, 0.3) is 0 Å². The van der Waals surface area contributed by atoms with Crippen molar-refractivity contribution in [2.45, 2.75) is 37.6 Å².